The second-order valence-corrected chi connectivity index (χ2v) is 7.57. The van der Waals surface area contributed by atoms with Crippen LogP contribution in [0.3, 0.4) is 0 Å². The van der Waals surface area contributed by atoms with Gasteiger partial charge in [-0.25, -0.2) is 0 Å². The van der Waals surface area contributed by atoms with Gasteiger partial charge in [0.2, 0.25) is 0 Å². The van der Waals surface area contributed by atoms with Crippen LogP contribution in [0.15, 0.2) is 30.5 Å². The van der Waals surface area contributed by atoms with Crippen molar-refractivity contribution in [1.29, 1.82) is 0 Å². The molecular formula is C20H30N4O2. The Labute approximate surface area is 155 Å². The van der Waals surface area contributed by atoms with E-state index >= 15 is 0 Å². The molecule has 1 saturated heterocycles. The maximum absolute atomic E-state index is 10.3. The van der Waals surface area contributed by atoms with Crippen molar-refractivity contribution in [1.82, 2.24) is 15.2 Å². The van der Waals surface area contributed by atoms with E-state index in [-0.39, 0.29) is 6.04 Å². The average Bonchev–Trinajstić information content (AvgIpc) is 2.59. The molecule has 0 radical (unpaired) electrons. The number of nitrogens with zero attached hydrogens (tertiary/aromatic N) is 3. The molecule has 6 heteroatoms. The Morgan fingerprint density at radius 1 is 1.35 bits per heavy atom. The maximum Gasteiger partial charge on any atom is 0.145 e. The van der Waals surface area contributed by atoms with Crippen LogP contribution in [0, 0.1) is 5.92 Å². The van der Waals surface area contributed by atoms with E-state index in [9.17, 15) is 5.11 Å². The third-order valence-electron chi connectivity index (χ3n) is 4.90. The van der Waals surface area contributed by atoms with E-state index in [0.717, 1.165) is 36.2 Å². The van der Waals surface area contributed by atoms with Crippen LogP contribution in [0.1, 0.15) is 13.3 Å². The van der Waals surface area contributed by atoms with Crippen molar-refractivity contribution in [2.75, 3.05) is 45.7 Å². The van der Waals surface area contributed by atoms with E-state index in [2.05, 4.69) is 34.3 Å². The van der Waals surface area contributed by atoms with Crippen LogP contribution in [0.4, 0.5) is 5.69 Å². The first-order valence-corrected chi connectivity index (χ1v) is 9.23. The van der Waals surface area contributed by atoms with Crippen molar-refractivity contribution in [3.8, 4) is 5.75 Å². The quantitative estimate of drug-likeness (QED) is 0.770. The van der Waals surface area contributed by atoms with Gasteiger partial charge >= 0.3 is 0 Å². The van der Waals surface area contributed by atoms with Gasteiger partial charge in [0.25, 0.3) is 0 Å². The van der Waals surface area contributed by atoms with Crippen LogP contribution < -0.4 is 15.0 Å². The van der Waals surface area contributed by atoms with Gasteiger partial charge in [0, 0.05) is 42.9 Å². The summed E-state index contributed by atoms with van der Waals surface area (Å²) in [6.45, 7) is 4.74. The molecule has 2 aromatic rings. The normalized spacial score (nSPS) is 22.0. The Morgan fingerprint density at radius 2 is 2.15 bits per heavy atom. The van der Waals surface area contributed by atoms with Crippen LogP contribution in [-0.4, -0.2) is 68.1 Å². The van der Waals surface area contributed by atoms with Crippen LogP contribution >= 0.6 is 0 Å². The molecular weight excluding hydrogens is 328 g/mol. The Morgan fingerprint density at radius 3 is 2.88 bits per heavy atom. The minimum atomic E-state index is -0.517. The molecule has 1 unspecified atom stereocenters. The molecule has 2 heterocycles. The topological polar surface area (TPSA) is 60.9 Å². The highest BCUT2D eigenvalue weighted by Crippen LogP contribution is 2.34. The van der Waals surface area contributed by atoms with E-state index in [1.807, 2.05) is 31.1 Å². The van der Waals surface area contributed by atoms with E-state index < -0.39 is 6.23 Å². The van der Waals surface area contributed by atoms with Crippen LogP contribution in [-0.2, 0) is 0 Å². The highest BCUT2D eigenvalue weighted by Gasteiger charge is 2.27. The average molecular weight is 358 g/mol. The van der Waals surface area contributed by atoms with E-state index in [1.54, 1.807) is 13.3 Å². The highest BCUT2D eigenvalue weighted by molar-refractivity contribution is 5.95. The second kappa shape index (κ2) is 8.20. The third kappa shape index (κ3) is 4.26. The first-order chi connectivity index (χ1) is 12.5. The first kappa shape index (κ1) is 18.9. The number of hydrogen-bond donors (Lipinski definition) is 2. The fourth-order valence-corrected chi connectivity index (χ4v) is 3.91. The standard InChI is InChI=1S/C20H30N4O2/c1-14-10-15(22-19(25)13-23(2)3)12-24(11-14)17-7-8-18(26-4)20-16(17)6-5-9-21-20/h5-9,14-15,19,22,25H,10-13H2,1-4H3/t14-,15+,19?/m0/s1. The molecule has 3 atom stereocenters. The summed E-state index contributed by atoms with van der Waals surface area (Å²) in [6.07, 6.45) is 2.35. The van der Waals surface area contributed by atoms with Crippen molar-refractivity contribution in [2.24, 2.45) is 5.92 Å². The van der Waals surface area contributed by atoms with Gasteiger partial charge in [-0.1, -0.05) is 6.92 Å². The lowest BCUT2D eigenvalue weighted by atomic mass is 9.94. The number of anilines is 1. The molecule has 0 amide bonds. The second-order valence-electron chi connectivity index (χ2n) is 7.57. The van der Waals surface area contributed by atoms with Crippen molar-refractivity contribution in [2.45, 2.75) is 25.6 Å². The summed E-state index contributed by atoms with van der Waals surface area (Å²) >= 11 is 0. The number of fused-ring (bicyclic) bond motifs is 1. The molecule has 3 rings (SSSR count). The molecule has 26 heavy (non-hydrogen) atoms. The number of benzene rings is 1. The van der Waals surface area contributed by atoms with Crippen LogP contribution in [0.5, 0.6) is 5.75 Å². The van der Waals surface area contributed by atoms with E-state index in [1.165, 1.54) is 5.69 Å². The molecule has 142 valence electrons. The summed E-state index contributed by atoms with van der Waals surface area (Å²) in [6, 6.07) is 8.43. The summed E-state index contributed by atoms with van der Waals surface area (Å²) in [7, 11) is 5.62. The number of methoxy groups -OCH3 is 1. The number of nitrogens with one attached hydrogen (secondary N) is 1. The number of aliphatic hydroxyl groups is 1. The van der Waals surface area contributed by atoms with Gasteiger partial charge < -0.3 is 19.6 Å². The van der Waals surface area contributed by atoms with E-state index in [4.69, 9.17) is 4.74 Å². The number of pyridine rings is 1. The van der Waals surface area contributed by atoms with Gasteiger partial charge in [-0.2, -0.15) is 0 Å². The Hall–Kier alpha value is -1.89. The summed E-state index contributed by atoms with van der Waals surface area (Å²) in [4.78, 5) is 8.90. The predicted octanol–water partition coefficient (Wildman–Crippen LogP) is 1.93. The zero-order valence-electron chi connectivity index (χ0n) is 16.1. The van der Waals surface area contributed by atoms with Gasteiger partial charge in [0.15, 0.2) is 0 Å². The largest absolute Gasteiger partial charge is 0.494 e. The molecule has 1 fully saturated rings. The third-order valence-corrected chi connectivity index (χ3v) is 4.90. The zero-order valence-corrected chi connectivity index (χ0v) is 16.1. The monoisotopic (exact) mass is 358 g/mol. The fourth-order valence-electron chi connectivity index (χ4n) is 3.91. The zero-order chi connectivity index (χ0) is 18.7. The number of rotatable bonds is 6. The molecule has 0 spiro atoms. The molecule has 1 aliphatic heterocycles. The Balaban J connectivity index is 1.83. The summed E-state index contributed by atoms with van der Waals surface area (Å²) in [5.74, 6) is 1.34. The molecule has 1 aromatic carbocycles. The number of likely N-dealkylation sites (N-methyl/N-ethyl adjacent to an activating group) is 1. The lowest BCUT2D eigenvalue weighted by Crippen LogP contribution is -2.53. The van der Waals surface area contributed by atoms with Crippen LogP contribution in [0.25, 0.3) is 10.9 Å². The predicted molar refractivity (Wildman–Crippen MR) is 106 cm³/mol. The molecule has 1 aromatic heterocycles. The summed E-state index contributed by atoms with van der Waals surface area (Å²) < 4.78 is 5.47. The molecule has 0 aliphatic carbocycles. The van der Waals surface area contributed by atoms with Crippen molar-refractivity contribution in [3.63, 3.8) is 0 Å². The van der Waals surface area contributed by atoms with Crippen molar-refractivity contribution >= 4 is 16.6 Å². The molecule has 6 nitrogen and oxygen atoms in total. The maximum atomic E-state index is 10.3. The molecule has 0 bridgehead atoms. The minimum absolute atomic E-state index is 0.252. The van der Waals surface area contributed by atoms with Crippen LogP contribution in [0.2, 0.25) is 0 Å². The van der Waals surface area contributed by atoms with Gasteiger partial charge in [-0.3, -0.25) is 10.3 Å². The fraction of sp³-hybridized carbons (Fsp3) is 0.550. The SMILES string of the molecule is COc1ccc(N2C[C@@H](C)C[C@@H](NC(O)CN(C)C)C2)c2cccnc12. The smallest absolute Gasteiger partial charge is 0.145 e. The number of piperidine rings is 1. The lowest BCUT2D eigenvalue weighted by Gasteiger charge is -2.39. The van der Waals surface area contributed by atoms with Crippen molar-refractivity contribution < 1.29 is 9.84 Å². The summed E-state index contributed by atoms with van der Waals surface area (Å²) in [5, 5.41) is 14.7. The van der Waals surface area contributed by atoms with Gasteiger partial charge in [0.1, 0.15) is 17.5 Å². The van der Waals surface area contributed by atoms with E-state index in [0.29, 0.717) is 12.5 Å². The Kier molecular flexibility index (Phi) is 5.96. The highest BCUT2D eigenvalue weighted by atomic mass is 16.5. The number of ether oxygens (including phenoxy) is 1. The number of hydrogen-bond acceptors (Lipinski definition) is 6. The Bertz CT molecular complexity index is 737. The molecule has 2 N–H and O–H groups in total. The van der Waals surface area contributed by atoms with Gasteiger partial charge in [-0.15, -0.1) is 0 Å². The first-order valence-electron chi connectivity index (χ1n) is 9.23. The van der Waals surface area contributed by atoms with Gasteiger partial charge in [0.05, 0.1) is 7.11 Å². The summed E-state index contributed by atoms with van der Waals surface area (Å²) in [5.41, 5.74) is 2.07. The van der Waals surface area contributed by atoms with Gasteiger partial charge in [-0.05, 0) is 50.7 Å². The number of aromatic nitrogens is 1. The molecule has 1 aliphatic rings. The number of aliphatic hydroxyl groups excluding tert-OH is 1. The minimum Gasteiger partial charge on any atom is -0.494 e. The van der Waals surface area contributed by atoms with Crippen molar-refractivity contribution in [3.05, 3.63) is 30.5 Å². The molecule has 0 saturated carbocycles. The lowest BCUT2D eigenvalue weighted by molar-refractivity contribution is 0.0862.